The van der Waals surface area contributed by atoms with Crippen LogP contribution in [-0.2, 0) is 6.42 Å². The van der Waals surface area contributed by atoms with E-state index >= 15 is 0 Å². The predicted molar refractivity (Wildman–Crippen MR) is 70.7 cm³/mol. The highest BCUT2D eigenvalue weighted by atomic mass is 32.2. The zero-order valence-corrected chi connectivity index (χ0v) is 10.8. The van der Waals surface area contributed by atoms with E-state index in [1.807, 2.05) is 18.2 Å². The van der Waals surface area contributed by atoms with Gasteiger partial charge >= 0.3 is 0 Å². The number of nitrogens with zero attached hydrogens (tertiary/aromatic N) is 3. The molecule has 96 valence electrons. The van der Waals surface area contributed by atoms with Gasteiger partial charge in [-0.05, 0) is 30.7 Å². The molecule has 0 fully saturated rings. The summed E-state index contributed by atoms with van der Waals surface area (Å²) in [6.07, 6.45) is 4.24. The fourth-order valence-corrected chi connectivity index (χ4v) is 2.28. The maximum absolute atomic E-state index is 5.49. The van der Waals surface area contributed by atoms with E-state index in [1.54, 1.807) is 24.6 Å². The number of rotatable bonds is 5. The zero-order valence-electron chi connectivity index (χ0n) is 10.0. The van der Waals surface area contributed by atoms with Crippen LogP contribution in [0.1, 0.15) is 5.69 Å². The number of pyridine rings is 1. The molecule has 3 aromatic heterocycles. The SMILES string of the molecule is c1ccc(CCSc2nnc(-c3ccco3)o2)nc1. The van der Waals surface area contributed by atoms with Gasteiger partial charge in [0, 0.05) is 17.6 Å². The number of aryl methyl sites for hydroxylation is 1. The molecule has 3 aromatic rings. The number of furan rings is 1. The molecule has 5 nitrogen and oxygen atoms in total. The summed E-state index contributed by atoms with van der Waals surface area (Å²) in [6.45, 7) is 0. The molecule has 0 aromatic carbocycles. The summed E-state index contributed by atoms with van der Waals surface area (Å²) >= 11 is 1.51. The number of hydrogen-bond acceptors (Lipinski definition) is 6. The van der Waals surface area contributed by atoms with Crippen LogP contribution in [0.25, 0.3) is 11.7 Å². The van der Waals surface area contributed by atoms with E-state index in [4.69, 9.17) is 8.83 Å². The van der Waals surface area contributed by atoms with Gasteiger partial charge in [0.15, 0.2) is 5.76 Å². The molecule has 0 saturated carbocycles. The fourth-order valence-electron chi connectivity index (χ4n) is 1.56. The second kappa shape index (κ2) is 5.71. The summed E-state index contributed by atoms with van der Waals surface area (Å²) < 4.78 is 10.7. The fraction of sp³-hybridized carbons (Fsp3) is 0.154. The highest BCUT2D eigenvalue weighted by molar-refractivity contribution is 7.99. The monoisotopic (exact) mass is 273 g/mol. The minimum absolute atomic E-state index is 0.408. The van der Waals surface area contributed by atoms with Gasteiger partial charge in [-0.3, -0.25) is 4.98 Å². The van der Waals surface area contributed by atoms with Crippen LogP contribution in [0.3, 0.4) is 0 Å². The third-order valence-corrected chi connectivity index (χ3v) is 3.27. The summed E-state index contributed by atoms with van der Waals surface area (Å²) in [7, 11) is 0. The summed E-state index contributed by atoms with van der Waals surface area (Å²) in [6, 6.07) is 9.46. The minimum Gasteiger partial charge on any atom is -0.459 e. The Bertz CT molecular complexity index is 622. The molecule has 0 aliphatic rings. The van der Waals surface area contributed by atoms with E-state index in [0.717, 1.165) is 17.9 Å². The van der Waals surface area contributed by atoms with Crippen molar-refractivity contribution in [3.8, 4) is 11.7 Å². The van der Waals surface area contributed by atoms with Gasteiger partial charge in [-0.25, -0.2) is 0 Å². The predicted octanol–water partition coefficient (Wildman–Crippen LogP) is 3.06. The number of hydrogen-bond donors (Lipinski definition) is 0. The van der Waals surface area contributed by atoms with E-state index in [-0.39, 0.29) is 0 Å². The van der Waals surface area contributed by atoms with Crippen molar-refractivity contribution >= 4 is 11.8 Å². The average Bonchev–Trinajstić information content (AvgIpc) is 3.10. The molecule has 0 N–H and O–H groups in total. The molecule has 3 heterocycles. The Morgan fingerprint density at radius 3 is 2.89 bits per heavy atom. The van der Waals surface area contributed by atoms with Crippen molar-refractivity contribution in [1.82, 2.24) is 15.2 Å². The van der Waals surface area contributed by atoms with E-state index in [0.29, 0.717) is 16.9 Å². The number of aromatic nitrogens is 3. The van der Waals surface area contributed by atoms with Crippen LogP contribution >= 0.6 is 11.8 Å². The summed E-state index contributed by atoms with van der Waals surface area (Å²) in [4.78, 5) is 4.26. The Labute approximate surface area is 114 Å². The van der Waals surface area contributed by atoms with E-state index in [9.17, 15) is 0 Å². The third-order valence-electron chi connectivity index (χ3n) is 2.45. The van der Waals surface area contributed by atoms with Crippen molar-refractivity contribution in [3.05, 3.63) is 48.5 Å². The standard InChI is InChI=1S/C13H11N3O2S/c1-2-7-14-10(4-1)6-9-19-13-16-15-12(18-13)11-5-3-8-17-11/h1-5,7-8H,6,9H2. The Morgan fingerprint density at radius 1 is 1.11 bits per heavy atom. The molecule has 0 aliphatic carbocycles. The number of thioether (sulfide) groups is 1. The largest absolute Gasteiger partial charge is 0.459 e. The smallest absolute Gasteiger partial charge is 0.284 e. The minimum atomic E-state index is 0.408. The third kappa shape index (κ3) is 3.03. The molecule has 3 rings (SSSR count). The summed E-state index contributed by atoms with van der Waals surface area (Å²) in [5.41, 5.74) is 1.06. The Balaban J connectivity index is 1.56. The topological polar surface area (TPSA) is 65.0 Å². The van der Waals surface area contributed by atoms with Crippen molar-refractivity contribution in [2.24, 2.45) is 0 Å². The van der Waals surface area contributed by atoms with Gasteiger partial charge in [-0.15, -0.1) is 10.2 Å². The second-order valence-corrected chi connectivity index (χ2v) is 4.82. The van der Waals surface area contributed by atoms with Gasteiger partial charge in [0.25, 0.3) is 11.1 Å². The molecule has 0 bridgehead atoms. The average molecular weight is 273 g/mol. The van der Waals surface area contributed by atoms with Crippen molar-refractivity contribution in [2.45, 2.75) is 11.6 Å². The van der Waals surface area contributed by atoms with Crippen molar-refractivity contribution in [3.63, 3.8) is 0 Å². The lowest BCUT2D eigenvalue weighted by molar-refractivity contribution is 0.447. The quantitative estimate of drug-likeness (QED) is 0.666. The first-order valence-corrected chi connectivity index (χ1v) is 6.80. The Morgan fingerprint density at radius 2 is 2.11 bits per heavy atom. The maximum atomic E-state index is 5.49. The lowest BCUT2D eigenvalue weighted by atomic mass is 10.3. The molecule has 0 aliphatic heterocycles. The van der Waals surface area contributed by atoms with Crippen LogP contribution < -0.4 is 0 Å². The molecule has 6 heteroatoms. The van der Waals surface area contributed by atoms with E-state index in [2.05, 4.69) is 15.2 Å². The van der Waals surface area contributed by atoms with Crippen LogP contribution in [-0.4, -0.2) is 20.9 Å². The van der Waals surface area contributed by atoms with Crippen molar-refractivity contribution in [2.75, 3.05) is 5.75 Å². The van der Waals surface area contributed by atoms with Crippen molar-refractivity contribution < 1.29 is 8.83 Å². The summed E-state index contributed by atoms with van der Waals surface area (Å²) in [5.74, 6) is 1.84. The highest BCUT2D eigenvalue weighted by Crippen LogP contribution is 2.23. The first-order chi connectivity index (χ1) is 9.42. The Hall–Kier alpha value is -2.08. The van der Waals surface area contributed by atoms with Gasteiger partial charge in [0.05, 0.1) is 6.26 Å². The normalized spacial score (nSPS) is 10.7. The molecule has 0 spiro atoms. The van der Waals surface area contributed by atoms with Crippen LogP contribution in [0.5, 0.6) is 0 Å². The van der Waals surface area contributed by atoms with Gasteiger partial charge < -0.3 is 8.83 Å². The van der Waals surface area contributed by atoms with E-state index < -0.39 is 0 Å². The molecule has 0 radical (unpaired) electrons. The maximum Gasteiger partial charge on any atom is 0.284 e. The molecular weight excluding hydrogens is 262 g/mol. The van der Waals surface area contributed by atoms with Crippen molar-refractivity contribution in [1.29, 1.82) is 0 Å². The first-order valence-electron chi connectivity index (χ1n) is 5.82. The highest BCUT2D eigenvalue weighted by Gasteiger charge is 2.10. The molecule has 0 unspecified atom stereocenters. The first kappa shape index (κ1) is 12.0. The molecule has 0 amide bonds. The van der Waals surface area contributed by atoms with Gasteiger partial charge in [-0.2, -0.15) is 0 Å². The molecule has 19 heavy (non-hydrogen) atoms. The van der Waals surface area contributed by atoms with Gasteiger partial charge in [-0.1, -0.05) is 17.8 Å². The van der Waals surface area contributed by atoms with Gasteiger partial charge in [0.2, 0.25) is 0 Å². The van der Waals surface area contributed by atoms with Crippen LogP contribution in [0.4, 0.5) is 0 Å². The molecule has 0 saturated heterocycles. The zero-order chi connectivity index (χ0) is 12.9. The lowest BCUT2D eigenvalue weighted by Gasteiger charge is -1.96. The lowest BCUT2D eigenvalue weighted by Crippen LogP contribution is -1.91. The molecule has 0 atom stereocenters. The van der Waals surface area contributed by atoms with Crippen LogP contribution in [0.2, 0.25) is 0 Å². The second-order valence-electron chi connectivity index (χ2n) is 3.77. The van der Waals surface area contributed by atoms with Gasteiger partial charge in [0.1, 0.15) is 0 Å². The Kier molecular flexibility index (Phi) is 3.60. The van der Waals surface area contributed by atoms with Crippen LogP contribution in [0.15, 0.2) is 56.8 Å². The van der Waals surface area contributed by atoms with Crippen LogP contribution in [0, 0.1) is 0 Å². The summed E-state index contributed by atoms with van der Waals surface area (Å²) in [5, 5.41) is 8.45. The van der Waals surface area contributed by atoms with E-state index in [1.165, 1.54) is 11.8 Å². The molecular formula is C13H11N3O2S.